The fourth-order valence-corrected chi connectivity index (χ4v) is 1.96. The van der Waals surface area contributed by atoms with Crippen LogP contribution in [0.2, 0.25) is 0 Å². The molecule has 1 nitrogen and oxygen atoms in total. The lowest BCUT2D eigenvalue weighted by Gasteiger charge is -2.13. The van der Waals surface area contributed by atoms with Gasteiger partial charge < -0.3 is 4.74 Å². The van der Waals surface area contributed by atoms with Crippen molar-refractivity contribution in [1.82, 2.24) is 0 Å². The first-order valence-corrected chi connectivity index (χ1v) is 5.42. The Morgan fingerprint density at radius 3 is 2.44 bits per heavy atom. The van der Waals surface area contributed by atoms with Crippen molar-refractivity contribution >= 4 is 6.08 Å². The van der Waals surface area contributed by atoms with Crippen molar-refractivity contribution in [3.63, 3.8) is 0 Å². The summed E-state index contributed by atoms with van der Waals surface area (Å²) in [5.41, 5.74) is 2.50. The van der Waals surface area contributed by atoms with Crippen LogP contribution in [-0.4, -0.2) is 0 Å². The summed E-state index contributed by atoms with van der Waals surface area (Å²) in [5.74, 6) is 0.911. The highest BCUT2D eigenvalue weighted by Crippen LogP contribution is 2.31. The molecule has 0 saturated carbocycles. The van der Waals surface area contributed by atoms with Gasteiger partial charge in [0.1, 0.15) is 11.9 Å². The van der Waals surface area contributed by atoms with Crippen molar-refractivity contribution in [2.75, 3.05) is 0 Å². The van der Waals surface area contributed by atoms with E-state index in [9.17, 15) is 0 Å². The van der Waals surface area contributed by atoms with Gasteiger partial charge in [0.2, 0.25) is 0 Å². The zero-order valence-electron chi connectivity index (χ0n) is 8.84. The molecule has 2 aromatic carbocycles. The molecule has 0 spiro atoms. The average Bonchev–Trinajstić information content (AvgIpc) is 2.74. The number of rotatable bonds is 2. The Kier molecular flexibility index (Phi) is 2.22. The molecule has 3 rings (SSSR count). The first-order chi connectivity index (χ1) is 7.93. The Morgan fingerprint density at radius 1 is 0.812 bits per heavy atom. The summed E-state index contributed by atoms with van der Waals surface area (Å²) in [6.07, 6.45) is 4.26. The summed E-state index contributed by atoms with van der Waals surface area (Å²) in [5, 5.41) is 0. The molecule has 0 aromatic heterocycles. The number of hydrogen-bond donors (Lipinski definition) is 0. The van der Waals surface area contributed by atoms with Crippen LogP contribution in [0.4, 0.5) is 0 Å². The molecule has 1 aliphatic rings. The van der Waals surface area contributed by atoms with Gasteiger partial charge in [-0.2, -0.15) is 0 Å². The summed E-state index contributed by atoms with van der Waals surface area (Å²) in [7, 11) is 0. The second-order valence-corrected chi connectivity index (χ2v) is 3.84. The largest absolute Gasteiger partial charge is 0.482 e. The van der Waals surface area contributed by atoms with E-state index in [1.807, 2.05) is 42.5 Å². The first kappa shape index (κ1) is 9.22. The van der Waals surface area contributed by atoms with Gasteiger partial charge in [-0.05, 0) is 23.8 Å². The van der Waals surface area contributed by atoms with E-state index in [2.05, 4.69) is 24.3 Å². The molecular formula is C15H12O. The highest BCUT2D eigenvalue weighted by Gasteiger charge is 2.17. The number of para-hydroxylation sites is 1. The van der Waals surface area contributed by atoms with E-state index in [0.717, 1.165) is 5.75 Å². The standard InChI is InChI=1S/C15H12O/c1-2-7-13(8-3-1)16-15-11-10-12-6-4-5-9-14(12)15/h1-11,15H. The highest BCUT2D eigenvalue weighted by atomic mass is 16.5. The van der Waals surface area contributed by atoms with Gasteiger partial charge in [0.25, 0.3) is 0 Å². The third kappa shape index (κ3) is 1.61. The number of fused-ring (bicyclic) bond motifs is 1. The van der Waals surface area contributed by atoms with Crippen molar-refractivity contribution in [3.8, 4) is 5.75 Å². The van der Waals surface area contributed by atoms with E-state index in [-0.39, 0.29) is 6.10 Å². The number of ether oxygens (including phenoxy) is 1. The smallest absolute Gasteiger partial charge is 0.143 e. The Labute approximate surface area is 95.0 Å². The summed E-state index contributed by atoms with van der Waals surface area (Å²) in [6.45, 7) is 0. The minimum Gasteiger partial charge on any atom is -0.482 e. The number of hydrogen-bond acceptors (Lipinski definition) is 1. The van der Waals surface area contributed by atoms with E-state index in [1.165, 1.54) is 11.1 Å². The monoisotopic (exact) mass is 208 g/mol. The van der Waals surface area contributed by atoms with Gasteiger partial charge in [-0.1, -0.05) is 48.5 Å². The van der Waals surface area contributed by atoms with E-state index in [0.29, 0.717) is 0 Å². The fraction of sp³-hybridized carbons (Fsp3) is 0.0667. The molecular weight excluding hydrogens is 196 g/mol. The van der Waals surface area contributed by atoms with Gasteiger partial charge in [0, 0.05) is 5.56 Å². The van der Waals surface area contributed by atoms with Crippen LogP contribution >= 0.6 is 0 Å². The predicted molar refractivity (Wildman–Crippen MR) is 65.3 cm³/mol. The third-order valence-electron chi connectivity index (χ3n) is 2.76. The van der Waals surface area contributed by atoms with Gasteiger partial charge in [-0.3, -0.25) is 0 Å². The van der Waals surface area contributed by atoms with Crippen LogP contribution in [-0.2, 0) is 0 Å². The summed E-state index contributed by atoms with van der Waals surface area (Å²) < 4.78 is 5.91. The lowest BCUT2D eigenvalue weighted by Crippen LogP contribution is -2.02. The van der Waals surface area contributed by atoms with Crippen molar-refractivity contribution in [1.29, 1.82) is 0 Å². The lowest BCUT2D eigenvalue weighted by molar-refractivity contribution is 0.259. The highest BCUT2D eigenvalue weighted by molar-refractivity contribution is 5.61. The summed E-state index contributed by atoms with van der Waals surface area (Å²) in [6, 6.07) is 18.2. The molecule has 1 unspecified atom stereocenters. The maximum absolute atomic E-state index is 5.91. The molecule has 16 heavy (non-hydrogen) atoms. The molecule has 2 aromatic rings. The molecule has 0 aliphatic heterocycles. The maximum Gasteiger partial charge on any atom is 0.143 e. The SMILES string of the molecule is C1=CC(Oc2ccccc2)c2ccccc21. The van der Waals surface area contributed by atoms with Crippen LogP contribution in [0, 0.1) is 0 Å². The molecule has 0 saturated heterocycles. The maximum atomic E-state index is 5.91. The molecule has 0 N–H and O–H groups in total. The minimum atomic E-state index is 0.0543. The Balaban J connectivity index is 1.87. The fourth-order valence-electron chi connectivity index (χ4n) is 1.96. The zero-order valence-corrected chi connectivity index (χ0v) is 8.84. The van der Waals surface area contributed by atoms with Gasteiger partial charge in [0.05, 0.1) is 0 Å². The van der Waals surface area contributed by atoms with Crippen LogP contribution in [0.3, 0.4) is 0 Å². The molecule has 0 heterocycles. The Morgan fingerprint density at radius 2 is 1.56 bits per heavy atom. The van der Waals surface area contributed by atoms with E-state index < -0.39 is 0 Å². The summed E-state index contributed by atoms with van der Waals surface area (Å²) in [4.78, 5) is 0. The summed E-state index contributed by atoms with van der Waals surface area (Å²) >= 11 is 0. The molecule has 1 aliphatic carbocycles. The normalized spacial score (nSPS) is 17.1. The molecule has 0 amide bonds. The van der Waals surface area contributed by atoms with Crippen LogP contribution in [0.25, 0.3) is 6.08 Å². The van der Waals surface area contributed by atoms with Crippen LogP contribution in [0.15, 0.2) is 60.7 Å². The average molecular weight is 208 g/mol. The van der Waals surface area contributed by atoms with Crippen LogP contribution in [0.5, 0.6) is 5.75 Å². The van der Waals surface area contributed by atoms with Gasteiger partial charge >= 0.3 is 0 Å². The van der Waals surface area contributed by atoms with E-state index in [4.69, 9.17) is 4.74 Å². The van der Waals surface area contributed by atoms with E-state index in [1.54, 1.807) is 0 Å². The quantitative estimate of drug-likeness (QED) is 0.728. The van der Waals surface area contributed by atoms with Crippen molar-refractivity contribution in [2.45, 2.75) is 6.10 Å². The van der Waals surface area contributed by atoms with Gasteiger partial charge in [-0.25, -0.2) is 0 Å². The van der Waals surface area contributed by atoms with Gasteiger partial charge in [-0.15, -0.1) is 0 Å². The van der Waals surface area contributed by atoms with Crippen LogP contribution in [0.1, 0.15) is 17.2 Å². The molecule has 78 valence electrons. The zero-order chi connectivity index (χ0) is 10.8. The second kappa shape index (κ2) is 3.86. The second-order valence-electron chi connectivity index (χ2n) is 3.84. The van der Waals surface area contributed by atoms with Crippen molar-refractivity contribution in [3.05, 3.63) is 71.8 Å². The minimum absolute atomic E-state index is 0.0543. The molecule has 0 fully saturated rings. The molecule has 1 atom stereocenters. The third-order valence-corrected chi connectivity index (χ3v) is 2.76. The Hall–Kier alpha value is -2.02. The predicted octanol–water partition coefficient (Wildman–Crippen LogP) is 3.83. The molecule has 0 bridgehead atoms. The molecule has 1 heteroatoms. The van der Waals surface area contributed by atoms with Crippen molar-refractivity contribution < 1.29 is 4.74 Å². The number of benzene rings is 2. The Bertz CT molecular complexity index is 514. The van der Waals surface area contributed by atoms with E-state index >= 15 is 0 Å². The van der Waals surface area contributed by atoms with Gasteiger partial charge in [0.15, 0.2) is 0 Å². The topological polar surface area (TPSA) is 9.23 Å². The van der Waals surface area contributed by atoms with Crippen LogP contribution < -0.4 is 4.74 Å². The van der Waals surface area contributed by atoms with Crippen molar-refractivity contribution in [2.24, 2.45) is 0 Å². The lowest BCUT2D eigenvalue weighted by atomic mass is 10.1. The molecule has 0 radical (unpaired) electrons. The first-order valence-electron chi connectivity index (χ1n) is 5.42.